The average molecular weight is 496 g/mol. The highest BCUT2D eigenvalue weighted by Crippen LogP contribution is 2.43. The fraction of sp³-hybridized carbons (Fsp3) is 0.200. The van der Waals surface area contributed by atoms with E-state index in [2.05, 4.69) is 65.7 Å². The maximum absolute atomic E-state index is 11.6. The second-order valence-electron chi connectivity index (χ2n) is 8.29. The van der Waals surface area contributed by atoms with Gasteiger partial charge in [0.1, 0.15) is 18.4 Å². The van der Waals surface area contributed by atoms with Crippen LogP contribution in [0.25, 0.3) is 33.6 Å². The Kier molecular flexibility index (Phi) is 8.38. The molecule has 0 spiro atoms. The number of hydrogen-bond donors (Lipinski definition) is 1. The van der Waals surface area contributed by atoms with Crippen LogP contribution in [0.4, 0.5) is 0 Å². The molecule has 0 saturated heterocycles. The summed E-state index contributed by atoms with van der Waals surface area (Å²) in [6.45, 7) is 7.30. The molecule has 0 amide bonds. The third kappa shape index (κ3) is 5.90. The second-order valence-corrected chi connectivity index (χ2v) is 8.29. The van der Waals surface area contributed by atoms with Crippen LogP contribution in [0.5, 0.6) is 5.75 Å². The van der Waals surface area contributed by atoms with E-state index in [-0.39, 0.29) is 6.61 Å². The van der Waals surface area contributed by atoms with Crippen molar-refractivity contribution >= 4 is 5.97 Å². The zero-order chi connectivity index (χ0) is 26.2. The molecule has 0 fully saturated rings. The molecule has 7 heteroatoms. The van der Waals surface area contributed by atoms with Gasteiger partial charge >= 0.3 is 5.97 Å². The Morgan fingerprint density at radius 3 is 2.22 bits per heavy atom. The fourth-order valence-electron chi connectivity index (χ4n) is 4.28. The van der Waals surface area contributed by atoms with E-state index in [0.717, 1.165) is 46.7 Å². The third-order valence-electron chi connectivity index (χ3n) is 6.02. The molecule has 0 radical (unpaired) electrons. The molecule has 1 heterocycles. The highest BCUT2D eigenvalue weighted by atomic mass is 16.7. The molecule has 1 atom stereocenters. The number of carbonyl (C=O) groups is 1. The molecule has 0 aliphatic rings. The molecule has 1 aromatic heterocycles. The van der Waals surface area contributed by atoms with Crippen LogP contribution in [-0.2, 0) is 22.4 Å². The van der Waals surface area contributed by atoms with Gasteiger partial charge in [0.15, 0.2) is 12.4 Å². The van der Waals surface area contributed by atoms with Gasteiger partial charge in [-0.2, -0.15) is 0 Å². The van der Waals surface area contributed by atoms with Crippen LogP contribution in [0.3, 0.4) is 0 Å². The summed E-state index contributed by atoms with van der Waals surface area (Å²) in [4.78, 5) is 24.4. The molecule has 0 aliphatic heterocycles. The van der Waals surface area contributed by atoms with Gasteiger partial charge in [-0.05, 0) is 58.4 Å². The van der Waals surface area contributed by atoms with Crippen molar-refractivity contribution in [3.63, 3.8) is 0 Å². The van der Waals surface area contributed by atoms with E-state index in [1.54, 1.807) is 0 Å². The molecular formula is C30H29N3O4. The van der Waals surface area contributed by atoms with Crippen molar-refractivity contribution in [1.82, 2.24) is 15.0 Å². The number of carbonyl (C=O) groups excluding carboxylic acids is 1. The van der Waals surface area contributed by atoms with Crippen LogP contribution >= 0.6 is 0 Å². The minimum atomic E-state index is -1.48. The Bertz CT molecular complexity index is 1390. The molecule has 4 aromatic rings. The van der Waals surface area contributed by atoms with Crippen molar-refractivity contribution in [2.45, 2.75) is 33.0 Å². The summed E-state index contributed by atoms with van der Waals surface area (Å²) in [5, 5.41) is 10.3. The van der Waals surface area contributed by atoms with Gasteiger partial charge < -0.3 is 14.6 Å². The first kappa shape index (κ1) is 25.7. The van der Waals surface area contributed by atoms with Gasteiger partial charge in [-0.25, -0.2) is 19.7 Å². The van der Waals surface area contributed by atoms with Gasteiger partial charge in [0.05, 0.1) is 5.56 Å². The molecule has 0 saturated carbocycles. The lowest BCUT2D eigenvalue weighted by molar-refractivity contribution is -0.166. The van der Waals surface area contributed by atoms with Crippen molar-refractivity contribution in [2.75, 3.05) is 6.61 Å². The third-order valence-corrected chi connectivity index (χ3v) is 6.02. The van der Waals surface area contributed by atoms with Crippen molar-refractivity contribution in [3.8, 4) is 39.4 Å². The van der Waals surface area contributed by atoms with Crippen molar-refractivity contribution in [3.05, 3.63) is 97.1 Å². The van der Waals surface area contributed by atoms with Crippen LogP contribution < -0.4 is 4.74 Å². The van der Waals surface area contributed by atoms with Gasteiger partial charge in [0, 0.05) is 6.08 Å². The minimum Gasteiger partial charge on any atom is -0.486 e. The predicted octanol–water partition coefficient (Wildman–Crippen LogP) is 5.42. The molecule has 0 aliphatic carbocycles. The Labute approximate surface area is 216 Å². The number of benzene rings is 3. The molecule has 4 rings (SSSR count). The first-order valence-electron chi connectivity index (χ1n) is 12.2. The maximum atomic E-state index is 11.6. The number of aromatic nitrogens is 3. The minimum absolute atomic E-state index is 0.286. The van der Waals surface area contributed by atoms with Gasteiger partial charge in [-0.3, -0.25) is 0 Å². The molecule has 188 valence electrons. The van der Waals surface area contributed by atoms with Crippen LogP contribution in [0, 0.1) is 0 Å². The number of hydrogen-bond acceptors (Lipinski definition) is 7. The van der Waals surface area contributed by atoms with E-state index in [1.165, 1.54) is 18.2 Å². The van der Waals surface area contributed by atoms with Crippen LogP contribution in [0.15, 0.2) is 86.0 Å². The van der Waals surface area contributed by atoms with Crippen molar-refractivity contribution < 1.29 is 19.4 Å². The van der Waals surface area contributed by atoms with E-state index in [4.69, 9.17) is 9.47 Å². The summed E-state index contributed by atoms with van der Waals surface area (Å²) in [5.41, 5.74) is 6.94. The number of aryl methyl sites for hydroxylation is 2. The van der Waals surface area contributed by atoms with E-state index in [0.29, 0.717) is 17.1 Å². The molecular weight excluding hydrogens is 466 g/mol. The number of ether oxygens (including phenoxy) is 2. The van der Waals surface area contributed by atoms with Gasteiger partial charge in [0.2, 0.25) is 6.29 Å². The monoisotopic (exact) mass is 495 g/mol. The number of aliphatic hydroxyl groups is 1. The van der Waals surface area contributed by atoms with Crippen LogP contribution in [0.1, 0.15) is 25.0 Å². The lowest BCUT2D eigenvalue weighted by atomic mass is 9.88. The summed E-state index contributed by atoms with van der Waals surface area (Å²) in [5.74, 6) is 0.139. The smallest absolute Gasteiger partial charge is 0.332 e. The van der Waals surface area contributed by atoms with Crippen LogP contribution in [0.2, 0.25) is 0 Å². The maximum Gasteiger partial charge on any atom is 0.332 e. The fourth-order valence-corrected chi connectivity index (χ4v) is 4.28. The SMILES string of the molecule is C=CC(=O)OC(O)COc1cc(-c2ccccc2CC)cc(-c2ccccc2CC)c1-c1ncncn1. The van der Waals surface area contributed by atoms with Crippen molar-refractivity contribution in [1.29, 1.82) is 0 Å². The molecule has 37 heavy (non-hydrogen) atoms. The Balaban J connectivity index is 1.96. The first-order valence-corrected chi connectivity index (χ1v) is 12.2. The Morgan fingerprint density at radius 2 is 1.57 bits per heavy atom. The van der Waals surface area contributed by atoms with Gasteiger partial charge in [-0.1, -0.05) is 69.0 Å². The quantitative estimate of drug-likeness (QED) is 0.178. The largest absolute Gasteiger partial charge is 0.486 e. The second kappa shape index (κ2) is 12.1. The Morgan fingerprint density at radius 1 is 0.946 bits per heavy atom. The standard InChI is InChI=1S/C30H29N3O4/c1-4-20-11-7-9-13-23(20)22-15-25(24-14-10-8-12-21(24)5-2)29(30-32-18-31-19-33-30)26(16-22)36-17-28(35)37-27(34)6-3/h6-16,18-19,28,35H,3-5,17H2,1-2H3. The van der Waals surface area contributed by atoms with Crippen LogP contribution in [-0.4, -0.2) is 38.9 Å². The summed E-state index contributed by atoms with van der Waals surface area (Å²) in [7, 11) is 0. The van der Waals surface area contributed by atoms with E-state index in [9.17, 15) is 9.90 Å². The lowest BCUT2D eigenvalue weighted by Gasteiger charge is -2.21. The van der Waals surface area contributed by atoms with E-state index >= 15 is 0 Å². The molecule has 1 unspecified atom stereocenters. The number of aliphatic hydroxyl groups excluding tert-OH is 1. The lowest BCUT2D eigenvalue weighted by Crippen LogP contribution is -2.23. The molecule has 0 bridgehead atoms. The zero-order valence-electron chi connectivity index (χ0n) is 20.9. The van der Waals surface area contributed by atoms with E-state index < -0.39 is 12.3 Å². The normalized spacial score (nSPS) is 11.5. The summed E-state index contributed by atoms with van der Waals surface area (Å²) in [6.07, 6.45) is 4.06. The Hall–Kier alpha value is -4.36. The number of nitrogens with zero attached hydrogens (tertiary/aromatic N) is 3. The first-order chi connectivity index (χ1) is 18.0. The van der Waals surface area contributed by atoms with Gasteiger partial charge in [0.25, 0.3) is 0 Å². The summed E-state index contributed by atoms with van der Waals surface area (Å²) in [6, 6.07) is 20.4. The highest BCUT2D eigenvalue weighted by molar-refractivity contribution is 5.90. The molecule has 1 N–H and O–H groups in total. The zero-order valence-corrected chi connectivity index (χ0v) is 20.9. The predicted molar refractivity (Wildman–Crippen MR) is 143 cm³/mol. The topological polar surface area (TPSA) is 94.4 Å². The summed E-state index contributed by atoms with van der Waals surface area (Å²) >= 11 is 0. The number of rotatable bonds is 10. The van der Waals surface area contributed by atoms with Gasteiger partial charge in [-0.15, -0.1) is 0 Å². The average Bonchev–Trinajstić information content (AvgIpc) is 2.95. The molecule has 3 aromatic carbocycles. The summed E-state index contributed by atoms with van der Waals surface area (Å²) < 4.78 is 11.0. The van der Waals surface area contributed by atoms with E-state index in [1.807, 2.05) is 30.3 Å². The van der Waals surface area contributed by atoms with Crippen molar-refractivity contribution in [2.24, 2.45) is 0 Å². The molecule has 7 nitrogen and oxygen atoms in total. The highest BCUT2D eigenvalue weighted by Gasteiger charge is 2.22. The number of esters is 1.